The fraction of sp³-hybridized carbons (Fsp3) is 0.818. The van der Waals surface area contributed by atoms with Crippen LogP contribution < -0.4 is 16.0 Å². The summed E-state index contributed by atoms with van der Waals surface area (Å²) in [6, 6.07) is 0.169. The van der Waals surface area contributed by atoms with Crippen molar-refractivity contribution in [3.63, 3.8) is 0 Å². The largest absolute Gasteiger partial charge is 0.355 e. The van der Waals surface area contributed by atoms with Gasteiger partial charge in [-0.05, 0) is 26.7 Å². The summed E-state index contributed by atoms with van der Waals surface area (Å²) in [4.78, 5) is 22.8. The molecule has 1 saturated carbocycles. The van der Waals surface area contributed by atoms with E-state index in [0.717, 1.165) is 0 Å². The highest BCUT2D eigenvalue weighted by Gasteiger charge is 2.20. The zero-order chi connectivity index (χ0) is 12.0. The number of likely N-dealkylation sites (N-methyl/N-ethyl adjacent to an activating group) is 1. The number of carbonyl (C=O) groups is 2. The molecule has 1 aliphatic carbocycles. The molecule has 1 rings (SSSR count). The maximum Gasteiger partial charge on any atom is 0.242 e. The molecule has 2 amide bonds. The van der Waals surface area contributed by atoms with Crippen molar-refractivity contribution in [2.75, 3.05) is 13.1 Å². The number of hydrogen-bond acceptors (Lipinski definition) is 3. The third-order valence-electron chi connectivity index (χ3n) is 2.48. The minimum atomic E-state index is -0.451. The Morgan fingerprint density at radius 2 is 2.06 bits per heavy atom. The van der Waals surface area contributed by atoms with Crippen LogP contribution in [0.3, 0.4) is 0 Å². The van der Waals surface area contributed by atoms with Crippen molar-refractivity contribution in [2.24, 2.45) is 0 Å². The molecule has 0 saturated heterocycles. The van der Waals surface area contributed by atoms with Crippen LogP contribution in [0.2, 0.25) is 0 Å². The molecule has 0 spiro atoms. The minimum absolute atomic E-state index is 0.0769. The van der Waals surface area contributed by atoms with Crippen LogP contribution in [-0.2, 0) is 9.59 Å². The summed E-state index contributed by atoms with van der Waals surface area (Å²) in [5.41, 5.74) is 0. The van der Waals surface area contributed by atoms with Crippen molar-refractivity contribution in [2.45, 2.75) is 45.2 Å². The smallest absolute Gasteiger partial charge is 0.242 e. The predicted octanol–water partition coefficient (Wildman–Crippen LogP) is -0.231. The Morgan fingerprint density at radius 3 is 2.62 bits per heavy atom. The van der Waals surface area contributed by atoms with Gasteiger partial charge in [0.1, 0.15) is 6.04 Å². The maximum absolute atomic E-state index is 11.4. The van der Waals surface area contributed by atoms with Gasteiger partial charge in [0.2, 0.25) is 11.8 Å². The highest BCUT2D eigenvalue weighted by molar-refractivity contribution is 5.87. The highest BCUT2D eigenvalue weighted by atomic mass is 16.2. The molecule has 92 valence electrons. The zero-order valence-corrected chi connectivity index (χ0v) is 10.0. The summed E-state index contributed by atoms with van der Waals surface area (Å²) in [6.45, 7) is 4.82. The van der Waals surface area contributed by atoms with E-state index in [0.29, 0.717) is 25.6 Å². The van der Waals surface area contributed by atoms with Crippen molar-refractivity contribution in [3.8, 4) is 0 Å². The summed E-state index contributed by atoms with van der Waals surface area (Å²) in [5, 5.41) is 8.59. The van der Waals surface area contributed by atoms with E-state index in [4.69, 9.17) is 0 Å². The van der Waals surface area contributed by atoms with Gasteiger partial charge in [0, 0.05) is 25.6 Å². The van der Waals surface area contributed by atoms with Crippen molar-refractivity contribution >= 4 is 11.8 Å². The number of nitrogens with one attached hydrogen (secondary N) is 3. The Kier molecular flexibility index (Phi) is 5.25. The molecule has 1 unspecified atom stereocenters. The summed E-state index contributed by atoms with van der Waals surface area (Å²) in [6.07, 6.45) is 2.87. The van der Waals surface area contributed by atoms with Crippen molar-refractivity contribution in [1.82, 2.24) is 16.0 Å². The second kappa shape index (κ2) is 6.48. The van der Waals surface area contributed by atoms with E-state index in [1.54, 1.807) is 6.92 Å². The number of carbonyl (C=O) groups excluding carboxylic acids is 2. The van der Waals surface area contributed by atoms with Gasteiger partial charge in [0.25, 0.3) is 0 Å². The van der Waals surface area contributed by atoms with E-state index in [1.807, 2.05) is 6.92 Å². The number of amides is 2. The van der Waals surface area contributed by atoms with Crippen LogP contribution in [0.4, 0.5) is 0 Å². The van der Waals surface area contributed by atoms with Crippen LogP contribution >= 0.6 is 0 Å². The lowest BCUT2D eigenvalue weighted by molar-refractivity contribution is -0.128. The Labute approximate surface area is 96.4 Å². The van der Waals surface area contributed by atoms with Gasteiger partial charge in [0.05, 0.1) is 0 Å². The van der Waals surface area contributed by atoms with Crippen LogP contribution in [0.5, 0.6) is 0 Å². The van der Waals surface area contributed by atoms with Crippen molar-refractivity contribution < 1.29 is 9.59 Å². The lowest BCUT2D eigenvalue weighted by atomic mass is 10.3. The lowest BCUT2D eigenvalue weighted by Gasteiger charge is -2.13. The van der Waals surface area contributed by atoms with E-state index >= 15 is 0 Å². The van der Waals surface area contributed by atoms with Gasteiger partial charge in [0.15, 0.2) is 0 Å². The minimum Gasteiger partial charge on any atom is -0.355 e. The molecule has 0 aliphatic heterocycles. The molecule has 5 nitrogen and oxygen atoms in total. The van der Waals surface area contributed by atoms with E-state index in [9.17, 15) is 9.59 Å². The van der Waals surface area contributed by atoms with E-state index in [2.05, 4.69) is 16.0 Å². The standard InChI is InChI=1S/C11H21N3O2/c1-3-12-11(16)8(2)14-10(15)6-7-13-9-4-5-9/h8-9,13H,3-7H2,1-2H3,(H,12,16)(H,14,15). The third kappa shape index (κ3) is 5.11. The molecular weight excluding hydrogens is 206 g/mol. The second-order valence-electron chi connectivity index (χ2n) is 4.16. The van der Waals surface area contributed by atoms with Gasteiger partial charge >= 0.3 is 0 Å². The first-order valence-electron chi connectivity index (χ1n) is 5.94. The normalized spacial score (nSPS) is 16.6. The Bertz CT molecular complexity index is 252. The highest BCUT2D eigenvalue weighted by Crippen LogP contribution is 2.18. The average Bonchev–Trinajstić information content (AvgIpc) is 3.02. The molecule has 0 aromatic carbocycles. The lowest BCUT2D eigenvalue weighted by Crippen LogP contribution is -2.45. The zero-order valence-electron chi connectivity index (χ0n) is 10.0. The average molecular weight is 227 g/mol. The molecule has 0 heterocycles. The van der Waals surface area contributed by atoms with Gasteiger partial charge in [-0.3, -0.25) is 9.59 Å². The molecule has 1 fully saturated rings. The topological polar surface area (TPSA) is 70.2 Å². The van der Waals surface area contributed by atoms with Gasteiger partial charge < -0.3 is 16.0 Å². The summed E-state index contributed by atoms with van der Waals surface area (Å²) >= 11 is 0. The summed E-state index contributed by atoms with van der Waals surface area (Å²) < 4.78 is 0. The maximum atomic E-state index is 11.4. The van der Waals surface area contributed by atoms with Crippen molar-refractivity contribution in [1.29, 1.82) is 0 Å². The Balaban J connectivity index is 2.08. The van der Waals surface area contributed by atoms with Crippen LogP contribution in [0, 0.1) is 0 Å². The fourth-order valence-electron chi connectivity index (χ4n) is 1.38. The first-order valence-corrected chi connectivity index (χ1v) is 5.94. The van der Waals surface area contributed by atoms with Gasteiger partial charge in [-0.2, -0.15) is 0 Å². The number of rotatable bonds is 7. The van der Waals surface area contributed by atoms with Crippen LogP contribution in [0.15, 0.2) is 0 Å². The quantitative estimate of drug-likeness (QED) is 0.562. The monoisotopic (exact) mass is 227 g/mol. The molecule has 1 atom stereocenters. The molecule has 1 aliphatic rings. The molecule has 0 bridgehead atoms. The molecule has 0 radical (unpaired) electrons. The van der Waals surface area contributed by atoms with E-state index < -0.39 is 6.04 Å². The molecular formula is C11H21N3O2. The Morgan fingerprint density at radius 1 is 1.38 bits per heavy atom. The summed E-state index contributed by atoms with van der Waals surface area (Å²) in [5.74, 6) is -0.210. The first kappa shape index (κ1) is 13.0. The van der Waals surface area contributed by atoms with Gasteiger partial charge in [-0.1, -0.05) is 0 Å². The number of hydrogen-bond donors (Lipinski definition) is 3. The second-order valence-corrected chi connectivity index (χ2v) is 4.16. The molecule has 5 heteroatoms. The van der Waals surface area contributed by atoms with Gasteiger partial charge in [-0.15, -0.1) is 0 Å². The van der Waals surface area contributed by atoms with Crippen LogP contribution in [0.1, 0.15) is 33.1 Å². The molecule has 3 N–H and O–H groups in total. The SMILES string of the molecule is CCNC(=O)C(C)NC(=O)CCNC1CC1. The van der Waals surface area contributed by atoms with E-state index in [1.165, 1.54) is 12.8 Å². The van der Waals surface area contributed by atoms with Crippen LogP contribution in [-0.4, -0.2) is 37.0 Å². The predicted molar refractivity (Wildman–Crippen MR) is 61.9 cm³/mol. The molecule has 0 aromatic rings. The molecule has 0 aromatic heterocycles. The first-order chi connectivity index (χ1) is 7.63. The Hall–Kier alpha value is -1.10. The van der Waals surface area contributed by atoms with Crippen LogP contribution in [0.25, 0.3) is 0 Å². The molecule has 16 heavy (non-hydrogen) atoms. The fourth-order valence-corrected chi connectivity index (χ4v) is 1.38. The van der Waals surface area contributed by atoms with E-state index in [-0.39, 0.29) is 11.8 Å². The van der Waals surface area contributed by atoms with Crippen molar-refractivity contribution in [3.05, 3.63) is 0 Å². The summed E-state index contributed by atoms with van der Waals surface area (Å²) in [7, 11) is 0. The van der Waals surface area contributed by atoms with Gasteiger partial charge in [-0.25, -0.2) is 0 Å². The third-order valence-corrected chi connectivity index (χ3v) is 2.48.